The summed E-state index contributed by atoms with van der Waals surface area (Å²) in [6, 6.07) is 17.8. The first kappa shape index (κ1) is 20.5. The Hall–Kier alpha value is -2.21. The summed E-state index contributed by atoms with van der Waals surface area (Å²) in [5, 5.41) is 3.19. The molecule has 0 radical (unpaired) electrons. The first-order valence-electron chi connectivity index (χ1n) is 9.21. The number of thiazole rings is 1. The number of hydrogen-bond donors (Lipinski definition) is 0. The lowest BCUT2D eigenvalue weighted by molar-refractivity contribution is 0.0688. The molecule has 0 unspecified atom stereocenters. The van der Waals surface area contributed by atoms with Crippen molar-refractivity contribution in [3.8, 4) is 10.6 Å². The van der Waals surface area contributed by atoms with Gasteiger partial charge in [-0.3, -0.25) is 4.79 Å². The summed E-state index contributed by atoms with van der Waals surface area (Å²) < 4.78 is 5.18. The molecule has 1 amide bonds. The second-order valence-corrected chi connectivity index (χ2v) is 7.66. The first-order valence-corrected chi connectivity index (χ1v) is 10.5. The molecule has 0 aliphatic rings. The van der Waals surface area contributed by atoms with Gasteiger partial charge in [-0.05, 0) is 24.5 Å². The topological polar surface area (TPSA) is 42.4 Å². The van der Waals surface area contributed by atoms with Gasteiger partial charge in [-0.2, -0.15) is 0 Å². The van der Waals surface area contributed by atoms with E-state index >= 15 is 0 Å². The number of carbonyl (C=O) groups is 1. The molecule has 0 fully saturated rings. The Morgan fingerprint density at radius 2 is 1.86 bits per heavy atom. The molecule has 0 bridgehead atoms. The highest BCUT2D eigenvalue weighted by atomic mass is 35.5. The largest absolute Gasteiger partial charge is 0.383 e. The van der Waals surface area contributed by atoms with E-state index in [0.717, 1.165) is 23.4 Å². The number of ether oxygens (including phenoxy) is 1. The predicted molar refractivity (Wildman–Crippen MR) is 115 cm³/mol. The summed E-state index contributed by atoms with van der Waals surface area (Å²) in [5.74, 6) is -0.0698. The van der Waals surface area contributed by atoms with E-state index in [1.165, 1.54) is 16.9 Å². The summed E-state index contributed by atoms with van der Waals surface area (Å²) in [4.78, 5) is 19.4. The van der Waals surface area contributed by atoms with Crippen LogP contribution in [0.4, 0.5) is 0 Å². The molecule has 0 aliphatic heterocycles. The summed E-state index contributed by atoms with van der Waals surface area (Å²) in [6.45, 7) is 1.71. The summed E-state index contributed by atoms with van der Waals surface area (Å²) in [5.41, 5.74) is 2.58. The van der Waals surface area contributed by atoms with Crippen molar-refractivity contribution in [2.45, 2.75) is 12.8 Å². The minimum atomic E-state index is -0.0698. The van der Waals surface area contributed by atoms with E-state index in [1.807, 2.05) is 47.4 Å². The van der Waals surface area contributed by atoms with Crippen LogP contribution >= 0.6 is 22.9 Å². The van der Waals surface area contributed by atoms with Gasteiger partial charge in [0.05, 0.1) is 11.6 Å². The molecule has 1 aromatic heterocycles. The fourth-order valence-electron chi connectivity index (χ4n) is 2.93. The average molecular weight is 415 g/mol. The molecule has 1 heterocycles. The lowest BCUT2D eigenvalue weighted by Gasteiger charge is -2.21. The van der Waals surface area contributed by atoms with Crippen molar-refractivity contribution in [3.05, 3.63) is 76.3 Å². The molecule has 0 atom stereocenters. The van der Waals surface area contributed by atoms with Gasteiger partial charge in [-0.25, -0.2) is 4.98 Å². The molecule has 3 rings (SSSR count). The second-order valence-electron chi connectivity index (χ2n) is 6.39. The van der Waals surface area contributed by atoms with Crippen molar-refractivity contribution in [1.82, 2.24) is 9.88 Å². The van der Waals surface area contributed by atoms with Crippen LogP contribution in [0.25, 0.3) is 10.6 Å². The van der Waals surface area contributed by atoms with Gasteiger partial charge in [0.1, 0.15) is 10.7 Å². The highest BCUT2D eigenvalue weighted by Crippen LogP contribution is 2.30. The SMILES string of the molecule is COCCN(CCCc1ccccc1)C(=O)c1csc(-c2ccccc2Cl)n1. The minimum Gasteiger partial charge on any atom is -0.383 e. The van der Waals surface area contributed by atoms with Crippen LogP contribution in [-0.4, -0.2) is 42.6 Å². The van der Waals surface area contributed by atoms with E-state index in [-0.39, 0.29) is 5.91 Å². The van der Waals surface area contributed by atoms with Crippen LogP contribution in [0.3, 0.4) is 0 Å². The highest BCUT2D eigenvalue weighted by Gasteiger charge is 2.19. The van der Waals surface area contributed by atoms with Gasteiger partial charge >= 0.3 is 0 Å². The Morgan fingerprint density at radius 3 is 2.61 bits per heavy atom. The Balaban J connectivity index is 1.68. The van der Waals surface area contributed by atoms with Crippen molar-refractivity contribution in [1.29, 1.82) is 0 Å². The zero-order valence-electron chi connectivity index (χ0n) is 15.8. The van der Waals surface area contributed by atoms with E-state index in [1.54, 1.807) is 12.5 Å². The smallest absolute Gasteiger partial charge is 0.273 e. The Labute approximate surface area is 174 Å². The molecule has 0 N–H and O–H groups in total. The number of aromatic nitrogens is 1. The highest BCUT2D eigenvalue weighted by molar-refractivity contribution is 7.13. The number of hydrogen-bond acceptors (Lipinski definition) is 4. The van der Waals surface area contributed by atoms with Crippen molar-refractivity contribution in [2.75, 3.05) is 26.8 Å². The van der Waals surface area contributed by atoms with E-state index < -0.39 is 0 Å². The third kappa shape index (κ3) is 5.41. The molecule has 4 nitrogen and oxygen atoms in total. The number of aryl methyl sites for hydroxylation is 1. The Kier molecular flexibility index (Phi) is 7.60. The number of methoxy groups -OCH3 is 1. The number of carbonyl (C=O) groups excluding carboxylic acids is 1. The summed E-state index contributed by atoms with van der Waals surface area (Å²) >= 11 is 7.69. The number of benzene rings is 2. The third-order valence-electron chi connectivity index (χ3n) is 4.42. The number of nitrogens with zero attached hydrogens (tertiary/aromatic N) is 2. The standard InChI is InChI=1S/C22H23ClN2O2S/c1-27-15-14-25(13-7-10-17-8-3-2-4-9-17)22(26)20-16-28-21(24-20)18-11-5-6-12-19(18)23/h2-6,8-9,11-12,16H,7,10,13-15H2,1H3. The van der Waals surface area contributed by atoms with Crippen LogP contribution in [0.5, 0.6) is 0 Å². The molecule has 0 aliphatic carbocycles. The van der Waals surface area contributed by atoms with Gasteiger partial charge in [0.25, 0.3) is 5.91 Å². The number of halogens is 1. The monoisotopic (exact) mass is 414 g/mol. The first-order chi connectivity index (χ1) is 13.7. The fraction of sp³-hybridized carbons (Fsp3) is 0.273. The minimum absolute atomic E-state index is 0.0698. The third-order valence-corrected chi connectivity index (χ3v) is 5.62. The van der Waals surface area contributed by atoms with Crippen LogP contribution in [-0.2, 0) is 11.2 Å². The van der Waals surface area contributed by atoms with Gasteiger partial charge in [-0.1, -0.05) is 60.1 Å². The van der Waals surface area contributed by atoms with E-state index in [0.29, 0.717) is 30.4 Å². The van der Waals surface area contributed by atoms with Crippen molar-refractivity contribution in [3.63, 3.8) is 0 Å². The number of rotatable bonds is 9. The van der Waals surface area contributed by atoms with Crippen LogP contribution < -0.4 is 0 Å². The van der Waals surface area contributed by atoms with E-state index in [2.05, 4.69) is 17.1 Å². The fourth-order valence-corrected chi connectivity index (χ4v) is 4.04. The predicted octanol–water partition coefficient (Wildman–Crippen LogP) is 5.18. The van der Waals surface area contributed by atoms with Gasteiger partial charge in [0.2, 0.25) is 0 Å². The van der Waals surface area contributed by atoms with E-state index in [4.69, 9.17) is 16.3 Å². The molecule has 3 aromatic rings. The average Bonchev–Trinajstić information content (AvgIpc) is 3.21. The molecule has 0 spiro atoms. The number of amides is 1. The van der Waals surface area contributed by atoms with Gasteiger partial charge in [0.15, 0.2) is 0 Å². The van der Waals surface area contributed by atoms with Gasteiger partial charge in [-0.15, -0.1) is 11.3 Å². The van der Waals surface area contributed by atoms with Crippen molar-refractivity contribution < 1.29 is 9.53 Å². The molecule has 2 aromatic carbocycles. The normalized spacial score (nSPS) is 10.8. The van der Waals surface area contributed by atoms with E-state index in [9.17, 15) is 4.79 Å². The zero-order chi connectivity index (χ0) is 19.8. The Bertz CT molecular complexity index is 898. The Morgan fingerprint density at radius 1 is 1.11 bits per heavy atom. The maximum atomic E-state index is 13.0. The molecule has 0 saturated heterocycles. The molecule has 28 heavy (non-hydrogen) atoms. The molecular formula is C22H23ClN2O2S. The van der Waals surface area contributed by atoms with Crippen molar-refractivity contribution >= 4 is 28.8 Å². The quantitative estimate of drug-likeness (QED) is 0.484. The molecular weight excluding hydrogens is 392 g/mol. The second kappa shape index (κ2) is 10.4. The summed E-state index contributed by atoms with van der Waals surface area (Å²) in [6.07, 6.45) is 1.82. The van der Waals surface area contributed by atoms with Crippen LogP contribution in [0.2, 0.25) is 5.02 Å². The van der Waals surface area contributed by atoms with Gasteiger partial charge < -0.3 is 9.64 Å². The van der Waals surface area contributed by atoms with Crippen LogP contribution in [0, 0.1) is 0 Å². The lowest BCUT2D eigenvalue weighted by atomic mass is 10.1. The molecule has 0 saturated carbocycles. The molecule has 6 heteroatoms. The summed E-state index contributed by atoms with van der Waals surface area (Å²) in [7, 11) is 1.64. The maximum absolute atomic E-state index is 13.0. The van der Waals surface area contributed by atoms with Crippen LogP contribution in [0.15, 0.2) is 60.0 Å². The van der Waals surface area contributed by atoms with Crippen molar-refractivity contribution in [2.24, 2.45) is 0 Å². The lowest BCUT2D eigenvalue weighted by Crippen LogP contribution is -2.35. The van der Waals surface area contributed by atoms with Crippen LogP contribution in [0.1, 0.15) is 22.5 Å². The zero-order valence-corrected chi connectivity index (χ0v) is 17.4. The van der Waals surface area contributed by atoms with Gasteiger partial charge in [0, 0.05) is 31.1 Å². The maximum Gasteiger partial charge on any atom is 0.273 e. The molecule has 146 valence electrons.